The molecule has 2 heterocycles. The van der Waals surface area contributed by atoms with Crippen LogP contribution in [-0.2, 0) is 9.47 Å². The Morgan fingerprint density at radius 2 is 1.72 bits per heavy atom. The van der Waals surface area contributed by atoms with Gasteiger partial charge in [0.2, 0.25) is 0 Å². The summed E-state index contributed by atoms with van der Waals surface area (Å²) in [5.74, 6) is 0.740. The van der Waals surface area contributed by atoms with Crippen LogP contribution in [-0.4, -0.2) is 41.6 Å². The summed E-state index contributed by atoms with van der Waals surface area (Å²) < 4.78 is 13.7. The van der Waals surface area contributed by atoms with E-state index in [4.69, 9.17) is 9.47 Å². The maximum atomic E-state index is 5.30. The molecular weight excluding hydrogens is 432 g/mol. The van der Waals surface area contributed by atoms with E-state index in [2.05, 4.69) is 66.2 Å². The smallest absolute Gasteiger partial charge is 0.173 e. The van der Waals surface area contributed by atoms with Crippen molar-refractivity contribution in [2.75, 3.05) is 26.1 Å². The van der Waals surface area contributed by atoms with Gasteiger partial charge in [0.25, 0.3) is 0 Å². The lowest BCUT2D eigenvalue weighted by Crippen LogP contribution is -2.24. The van der Waals surface area contributed by atoms with Crippen LogP contribution in [0.3, 0.4) is 0 Å². The zero-order valence-corrected chi connectivity index (χ0v) is 17.8. The van der Waals surface area contributed by atoms with Crippen molar-refractivity contribution in [2.45, 2.75) is 6.29 Å². The molecule has 1 N–H and O–H groups in total. The van der Waals surface area contributed by atoms with Gasteiger partial charge in [0, 0.05) is 36.1 Å². The molecule has 7 heteroatoms. The molecule has 0 saturated heterocycles. The van der Waals surface area contributed by atoms with Gasteiger partial charge in [-0.25, -0.2) is 9.97 Å². The van der Waals surface area contributed by atoms with Crippen molar-refractivity contribution in [3.63, 3.8) is 0 Å². The first-order valence-corrected chi connectivity index (χ1v) is 9.97. The molecule has 0 aliphatic heterocycles. The Bertz CT molecular complexity index is 1090. The standard InChI is InChI=1S/C22H21BrN4O2/c1-28-19(29-2)12-24-21-20-18(15-6-4-3-5-7-15)13-27(22(20)26-14-25-21)17-10-8-16(23)9-11-17/h3-11,13-14,19H,12H2,1-2H3,(H,24,25,26). The molecule has 0 fully saturated rings. The summed E-state index contributed by atoms with van der Waals surface area (Å²) in [5, 5.41) is 4.30. The lowest BCUT2D eigenvalue weighted by molar-refractivity contribution is -0.0914. The minimum Gasteiger partial charge on any atom is -0.364 e. The lowest BCUT2D eigenvalue weighted by atomic mass is 10.1. The molecular formula is C22H21BrN4O2. The minimum absolute atomic E-state index is 0.367. The van der Waals surface area contributed by atoms with Crippen LogP contribution in [0.2, 0.25) is 0 Å². The second-order valence-corrected chi connectivity index (χ2v) is 7.37. The van der Waals surface area contributed by atoms with E-state index in [1.165, 1.54) is 0 Å². The maximum absolute atomic E-state index is 5.30. The van der Waals surface area contributed by atoms with E-state index < -0.39 is 0 Å². The third-order valence-corrected chi connectivity index (χ3v) is 5.26. The molecule has 0 spiro atoms. The molecule has 4 rings (SSSR count). The molecule has 0 aliphatic carbocycles. The van der Waals surface area contributed by atoms with Gasteiger partial charge in [0.1, 0.15) is 12.1 Å². The number of benzene rings is 2. The molecule has 0 aliphatic rings. The van der Waals surface area contributed by atoms with Gasteiger partial charge < -0.3 is 19.4 Å². The Morgan fingerprint density at radius 1 is 1.00 bits per heavy atom. The summed E-state index contributed by atoms with van der Waals surface area (Å²) in [6.07, 6.45) is 3.31. The zero-order valence-electron chi connectivity index (χ0n) is 16.2. The molecule has 4 aromatic rings. The highest BCUT2D eigenvalue weighted by Crippen LogP contribution is 2.35. The highest BCUT2D eigenvalue weighted by atomic mass is 79.9. The van der Waals surface area contributed by atoms with Crippen LogP contribution in [0.4, 0.5) is 5.82 Å². The number of nitrogens with zero attached hydrogens (tertiary/aromatic N) is 3. The predicted octanol–water partition coefficient (Wildman–Crippen LogP) is 4.88. The quantitative estimate of drug-likeness (QED) is 0.404. The Morgan fingerprint density at radius 3 is 2.41 bits per heavy atom. The van der Waals surface area contributed by atoms with Crippen molar-refractivity contribution >= 4 is 32.8 Å². The monoisotopic (exact) mass is 452 g/mol. The number of aromatic nitrogens is 3. The van der Waals surface area contributed by atoms with Gasteiger partial charge in [-0.2, -0.15) is 0 Å². The molecule has 2 aromatic heterocycles. The molecule has 0 radical (unpaired) electrons. The Kier molecular flexibility index (Phi) is 5.89. The van der Waals surface area contributed by atoms with Crippen LogP contribution < -0.4 is 5.32 Å². The Labute approximate surface area is 177 Å². The van der Waals surface area contributed by atoms with Crippen molar-refractivity contribution in [2.24, 2.45) is 0 Å². The van der Waals surface area contributed by atoms with E-state index in [9.17, 15) is 0 Å². The Hall–Kier alpha value is -2.74. The zero-order chi connectivity index (χ0) is 20.2. The van der Waals surface area contributed by atoms with Gasteiger partial charge in [-0.15, -0.1) is 0 Å². The van der Waals surface area contributed by atoms with Crippen LogP contribution in [0.15, 0.2) is 71.6 Å². The summed E-state index contributed by atoms with van der Waals surface area (Å²) in [5.41, 5.74) is 4.01. The molecule has 148 valence electrons. The predicted molar refractivity (Wildman–Crippen MR) is 118 cm³/mol. The van der Waals surface area contributed by atoms with Crippen molar-refractivity contribution < 1.29 is 9.47 Å². The van der Waals surface area contributed by atoms with Crippen LogP contribution in [0.25, 0.3) is 27.8 Å². The number of anilines is 1. The van der Waals surface area contributed by atoms with Gasteiger partial charge in [-0.1, -0.05) is 46.3 Å². The topological polar surface area (TPSA) is 61.2 Å². The van der Waals surface area contributed by atoms with Crippen LogP contribution >= 0.6 is 15.9 Å². The van der Waals surface area contributed by atoms with E-state index in [-0.39, 0.29) is 6.29 Å². The molecule has 29 heavy (non-hydrogen) atoms. The minimum atomic E-state index is -0.367. The third kappa shape index (κ3) is 4.03. The largest absolute Gasteiger partial charge is 0.364 e. The van der Waals surface area contributed by atoms with Crippen LogP contribution in [0.1, 0.15) is 0 Å². The summed E-state index contributed by atoms with van der Waals surface area (Å²) in [6.45, 7) is 0.469. The normalized spacial score (nSPS) is 11.3. The van der Waals surface area contributed by atoms with Gasteiger partial charge >= 0.3 is 0 Å². The van der Waals surface area contributed by atoms with E-state index >= 15 is 0 Å². The van der Waals surface area contributed by atoms with Gasteiger partial charge in [-0.3, -0.25) is 0 Å². The average Bonchev–Trinajstić information content (AvgIpc) is 3.16. The first-order chi connectivity index (χ1) is 14.2. The molecule has 0 saturated carbocycles. The Balaban J connectivity index is 1.88. The van der Waals surface area contributed by atoms with Crippen molar-refractivity contribution in [1.29, 1.82) is 0 Å². The summed E-state index contributed by atoms with van der Waals surface area (Å²) >= 11 is 3.50. The van der Waals surface area contributed by atoms with Gasteiger partial charge in [0.05, 0.1) is 11.9 Å². The fourth-order valence-electron chi connectivity index (χ4n) is 3.27. The fraction of sp³-hybridized carbons (Fsp3) is 0.182. The summed E-state index contributed by atoms with van der Waals surface area (Å²) in [6, 6.07) is 18.4. The number of ether oxygens (including phenoxy) is 2. The molecule has 0 unspecified atom stereocenters. The number of rotatable bonds is 7. The van der Waals surface area contributed by atoms with E-state index in [1.807, 2.05) is 30.3 Å². The summed E-state index contributed by atoms with van der Waals surface area (Å²) in [7, 11) is 3.23. The highest BCUT2D eigenvalue weighted by Gasteiger charge is 2.18. The first kappa shape index (κ1) is 19.6. The lowest BCUT2D eigenvalue weighted by Gasteiger charge is -2.15. The highest BCUT2D eigenvalue weighted by molar-refractivity contribution is 9.10. The number of fused-ring (bicyclic) bond motifs is 1. The fourth-order valence-corrected chi connectivity index (χ4v) is 3.54. The van der Waals surface area contributed by atoms with E-state index in [1.54, 1.807) is 20.5 Å². The SMILES string of the molecule is COC(CNc1ncnc2c1c(-c1ccccc1)cn2-c1ccc(Br)cc1)OC. The van der Waals surface area contributed by atoms with Crippen molar-refractivity contribution in [1.82, 2.24) is 14.5 Å². The number of methoxy groups -OCH3 is 2. The van der Waals surface area contributed by atoms with E-state index in [0.717, 1.165) is 38.1 Å². The van der Waals surface area contributed by atoms with Crippen molar-refractivity contribution in [3.8, 4) is 16.8 Å². The van der Waals surface area contributed by atoms with Gasteiger partial charge in [-0.05, 0) is 29.8 Å². The number of hydrogen-bond donors (Lipinski definition) is 1. The molecule has 2 aromatic carbocycles. The van der Waals surface area contributed by atoms with Crippen LogP contribution in [0.5, 0.6) is 0 Å². The average molecular weight is 453 g/mol. The molecule has 0 amide bonds. The number of halogens is 1. The molecule has 6 nitrogen and oxygen atoms in total. The molecule has 0 atom stereocenters. The molecule has 0 bridgehead atoms. The summed E-state index contributed by atoms with van der Waals surface area (Å²) in [4.78, 5) is 9.09. The number of nitrogens with one attached hydrogen (secondary N) is 1. The first-order valence-electron chi connectivity index (χ1n) is 9.18. The third-order valence-electron chi connectivity index (χ3n) is 4.73. The van der Waals surface area contributed by atoms with E-state index in [0.29, 0.717) is 6.54 Å². The second kappa shape index (κ2) is 8.73. The maximum Gasteiger partial charge on any atom is 0.173 e. The number of hydrogen-bond acceptors (Lipinski definition) is 5. The second-order valence-electron chi connectivity index (χ2n) is 6.46. The van der Waals surface area contributed by atoms with Crippen molar-refractivity contribution in [3.05, 3.63) is 71.6 Å². The van der Waals surface area contributed by atoms with Gasteiger partial charge in [0.15, 0.2) is 11.9 Å². The van der Waals surface area contributed by atoms with Crippen LogP contribution in [0, 0.1) is 0 Å².